The second kappa shape index (κ2) is 9.38. The molecule has 1 amide bonds. The fourth-order valence-electron chi connectivity index (χ4n) is 4.11. The highest BCUT2D eigenvalue weighted by Gasteiger charge is 2.32. The molecule has 3 aromatic rings. The van der Waals surface area contributed by atoms with E-state index in [0.717, 1.165) is 47.5 Å². The smallest absolute Gasteiger partial charge is 0.227 e. The number of hydrogen-bond acceptors (Lipinski definition) is 7. The number of aryl methyl sites for hydroxylation is 1. The van der Waals surface area contributed by atoms with Crippen molar-refractivity contribution >= 4 is 11.9 Å². The molecule has 0 radical (unpaired) electrons. The monoisotopic (exact) mass is 435 g/mol. The molecule has 8 nitrogen and oxygen atoms in total. The second-order valence-corrected chi connectivity index (χ2v) is 8.32. The van der Waals surface area contributed by atoms with Crippen LogP contribution in [-0.2, 0) is 11.2 Å². The quantitative estimate of drug-likeness (QED) is 0.582. The van der Waals surface area contributed by atoms with E-state index >= 15 is 0 Å². The van der Waals surface area contributed by atoms with E-state index in [1.54, 1.807) is 13.3 Å². The van der Waals surface area contributed by atoms with Crippen molar-refractivity contribution in [2.45, 2.75) is 38.6 Å². The Morgan fingerprint density at radius 1 is 1.28 bits per heavy atom. The first kappa shape index (κ1) is 21.8. The molecule has 1 saturated heterocycles. The topological polar surface area (TPSA) is 84.6 Å². The third-order valence-corrected chi connectivity index (χ3v) is 5.73. The van der Waals surface area contributed by atoms with Crippen LogP contribution in [0.4, 0.5) is 5.95 Å². The van der Waals surface area contributed by atoms with E-state index in [1.807, 2.05) is 61.2 Å². The molecule has 2 aromatic heterocycles. The predicted molar refractivity (Wildman–Crippen MR) is 122 cm³/mol. The van der Waals surface area contributed by atoms with Gasteiger partial charge in [0.2, 0.25) is 11.9 Å². The molecule has 1 unspecified atom stereocenters. The molecule has 32 heavy (non-hydrogen) atoms. The molecule has 1 aliphatic rings. The zero-order valence-corrected chi connectivity index (χ0v) is 19.0. The SMILES string of the molecule is COc1cccc(CC(=O)N2CCCCC2c2nc(N(C)C)ncc2-c2cc(C)no2)c1. The Labute approximate surface area is 188 Å². The summed E-state index contributed by atoms with van der Waals surface area (Å²) in [5.74, 6) is 2.05. The van der Waals surface area contributed by atoms with Gasteiger partial charge < -0.3 is 19.1 Å². The van der Waals surface area contributed by atoms with Crippen molar-refractivity contribution < 1.29 is 14.1 Å². The van der Waals surface area contributed by atoms with Crippen LogP contribution in [0, 0.1) is 6.92 Å². The summed E-state index contributed by atoms with van der Waals surface area (Å²) in [5, 5.41) is 4.03. The summed E-state index contributed by atoms with van der Waals surface area (Å²) in [7, 11) is 5.44. The third-order valence-electron chi connectivity index (χ3n) is 5.73. The first-order valence-corrected chi connectivity index (χ1v) is 10.9. The number of carbonyl (C=O) groups is 1. The summed E-state index contributed by atoms with van der Waals surface area (Å²) < 4.78 is 10.8. The molecular formula is C24H29N5O3. The summed E-state index contributed by atoms with van der Waals surface area (Å²) >= 11 is 0. The number of amides is 1. The molecule has 168 valence electrons. The Balaban J connectivity index is 1.69. The van der Waals surface area contributed by atoms with Crippen molar-refractivity contribution in [2.75, 3.05) is 32.6 Å². The van der Waals surface area contributed by atoms with Crippen LogP contribution >= 0.6 is 0 Å². The molecule has 1 aliphatic heterocycles. The number of ether oxygens (including phenoxy) is 1. The average molecular weight is 436 g/mol. The van der Waals surface area contributed by atoms with Gasteiger partial charge in [-0.2, -0.15) is 0 Å². The first-order chi connectivity index (χ1) is 15.5. The zero-order valence-electron chi connectivity index (χ0n) is 19.0. The van der Waals surface area contributed by atoms with Gasteiger partial charge in [-0.05, 0) is 43.9 Å². The maximum absolute atomic E-state index is 13.4. The molecule has 0 N–H and O–H groups in total. The third kappa shape index (κ3) is 4.59. The lowest BCUT2D eigenvalue weighted by atomic mass is 9.94. The number of aromatic nitrogens is 3. The molecule has 1 aromatic carbocycles. The molecule has 8 heteroatoms. The Morgan fingerprint density at radius 3 is 2.84 bits per heavy atom. The number of methoxy groups -OCH3 is 1. The van der Waals surface area contributed by atoms with Gasteiger partial charge in [-0.1, -0.05) is 17.3 Å². The van der Waals surface area contributed by atoms with Crippen LogP contribution in [-0.4, -0.2) is 53.7 Å². The van der Waals surface area contributed by atoms with Crippen molar-refractivity contribution in [3.63, 3.8) is 0 Å². The van der Waals surface area contributed by atoms with Crippen molar-refractivity contribution in [1.82, 2.24) is 20.0 Å². The number of hydrogen-bond donors (Lipinski definition) is 0. The van der Waals surface area contributed by atoms with Crippen molar-refractivity contribution in [3.8, 4) is 17.1 Å². The van der Waals surface area contributed by atoms with Crippen LogP contribution in [0.2, 0.25) is 0 Å². The second-order valence-electron chi connectivity index (χ2n) is 8.32. The molecular weight excluding hydrogens is 406 g/mol. The summed E-state index contributed by atoms with van der Waals surface area (Å²) in [5.41, 5.74) is 3.31. The van der Waals surface area contributed by atoms with E-state index in [9.17, 15) is 4.79 Å². The van der Waals surface area contributed by atoms with Gasteiger partial charge in [0.25, 0.3) is 0 Å². The van der Waals surface area contributed by atoms with Gasteiger partial charge in [0.15, 0.2) is 5.76 Å². The molecule has 0 aliphatic carbocycles. The van der Waals surface area contributed by atoms with Crippen molar-refractivity contribution in [1.29, 1.82) is 0 Å². The van der Waals surface area contributed by atoms with Crippen LogP contribution in [0.15, 0.2) is 41.1 Å². The molecule has 3 heterocycles. The van der Waals surface area contributed by atoms with Gasteiger partial charge in [-0.25, -0.2) is 9.97 Å². The highest BCUT2D eigenvalue weighted by atomic mass is 16.5. The normalized spacial score (nSPS) is 16.1. The average Bonchev–Trinajstić information content (AvgIpc) is 3.24. The van der Waals surface area contributed by atoms with E-state index in [0.29, 0.717) is 24.7 Å². The highest BCUT2D eigenvalue weighted by molar-refractivity contribution is 5.80. The van der Waals surface area contributed by atoms with Gasteiger partial charge in [-0.15, -0.1) is 0 Å². The van der Waals surface area contributed by atoms with E-state index in [2.05, 4.69) is 10.1 Å². The van der Waals surface area contributed by atoms with Gasteiger partial charge >= 0.3 is 0 Å². The van der Waals surface area contributed by atoms with E-state index in [1.165, 1.54) is 0 Å². The number of piperidine rings is 1. The summed E-state index contributed by atoms with van der Waals surface area (Å²) in [6.07, 6.45) is 4.94. The van der Waals surface area contributed by atoms with Gasteiger partial charge in [0.05, 0.1) is 36.5 Å². The largest absolute Gasteiger partial charge is 0.497 e. The summed E-state index contributed by atoms with van der Waals surface area (Å²) in [6.45, 7) is 2.58. The van der Waals surface area contributed by atoms with E-state index in [4.69, 9.17) is 14.2 Å². The number of likely N-dealkylation sites (tertiary alicyclic amines) is 1. The lowest BCUT2D eigenvalue weighted by Crippen LogP contribution is -2.40. The van der Waals surface area contributed by atoms with Gasteiger partial charge in [0, 0.05) is 32.9 Å². The summed E-state index contributed by atoms with van der Waals surface area (Å²) in [4.78, 5) is 26.6. The molecule has 1 fully saturated rings. The Kier molecular flexibility index (Phi) is 6.39. The molecule has 1 atom stereocenters. The molecule has 0 bridgehead atoms. The van der Waals surface area contributed by atoms with Gasteiger partial charge in [0.1, 0.15) is 5.75 Å². The lowest BCUT2D eigenvalue weighted by molar-refractivity contribution is -0.134. The van der Waals surface area contributed by atoms with Crippen LogP contribution < -0.4 is 9.64 Å². The minimum Gasteiger partial charge on any atom is -0.497 e. The Bertz CT molecular complexity index is 1090. The van der Waals surface area contributed by atoms with Crippen LogP contribution in [0.3, 0.4) is 0 Å². The predicted octanol–water partition coefficient (Wildman–Crippen LogP) is 3.81. The van der Waals surface area contributed by atoms with Gasteiger partial charge in [-0.3, -0.25) is 4.79 Å². The Hall–Kier alpha value is -3.42. The minimum absolute atomic E-state index is 0.0765. The lowest BCUT2D eigenvalue weighted by Gasteiger charge is -2.36. The number of carbonyl (C=O) groups excluding carboxylic acids is 1. The summed E-state index contributed by atoms with van der Waals surface area (Å²) in [6, 6.07) is 9.39. The zero-order chi connectivity index (χ0) is 22.7. The number of nitrogens with zero attached hydrogens (tertiary/aromatic N) is 5. The van der Waals surface area contributed by atoms with Crippen LogP contribution in [0.1, 0.15) is 42.3 Å². The number of benzene rings is 1. The van der Waals surface area contributed by atoms with E-state index in [-0.39, 0.29) is 11.9 Å². The number of rotatable bonds is 6. The van der Waals surface area contributed by atoms with E-state index < -0.39 is 0 Å². The fourth-order valence-corrected chi connectivity index (χ4v) is 4.11. The minimum atomic E-state index is -0.149. The van der Waals surface area contributed by atoms with Crippen LogP contribution in [0.25, 0.3) is 11.3 Å². The Morgan fingerprint density at radius 2 is 2.12 bits per heavy atom. The fraction of sp³-hybridized carbons (Fsp3) is 0.417. The molecule has 4 rings (SSSR count). The molecule has 0 spiro atoms. The number of anilines is 1. The van der Waals surface area contributed by atoms with Crippen LogP contribution in [0.5, 0.6) is 5.75 Å². The standard InChI is InChI=1S/C24H29N5O3/c1-16-12-21(32-27-16)19-15-25-24(28(2)3)26-23(19)20-10-5-6-11-29(20)22(30)14-17-8-7-9-18(13-17)31-4/h7-9,12-13,15,20H,5-6,10-11,14H2,1-4H3. The highest BCUT2D eigenvalue weighted by Crippen LogP contribution is 2.37. The first-order valence-electron chi connectivity index (χ1n) is 10.9. The van der Waals surface area contributed by atoms with Crippen molar-refractivity contribution in [2.24, 2.45) is 0 Å². The maximum atomic E-state index is 13.4. The molecule has 0 saturated carbocycles. The maximum Gasteiger partial charge on any atom is 0.227 e. The van der Waals surface area contributed by atoms with Crippen molar-refractivity contribution in [3.05, 3.63) is 53.5 Å².